The van der Waals surface area contributed by atoms with Gasteiger partial charge in [0.2, 0.25) is 0 Å². The largest absolute Gasteiger partial charge is 0.398 e. The van der Waals surface area contributed by atoms with E-state index in [4.69, 9.17) is 5.73 Å². The Bertz CT molecular complexity index is 560. The van der Waals surface area contributed by atoms with E-state index in [0.29, 0.717) is 0 Å². The van der Waals surface area contributed by atoms with Gasteiger partial charge in [0, 0.05) is 25.8 Å². The molecule has 0 fully saturated rings. The zero-order valence-electron chi connectivity index (χ0n) is 10.5. The molecule has 3 rings (SSSR count). The number of nitrogen functional groups attached to an aromatic ring is 1. The molecule has 5 heteroatoms. The molecule has 1 aliphatic rings. The topological polar surface area (TPSA) is 60.0 Å². The van der Waals surface area contributed by atoms with Crippen LogP contribution in [0.15, 0.2) is 24.5 Å². The minimum Gasteiger partial charge on any atom is -0.398 e. The standard InChI is InChI=1S/C13H17N5/c1-17-9-15-16-13(17)8-18-6-5-11-10(7-18)3-2-4-12(11)14/h2-4,9H,5-8,14H2,1H3. The number of rotatable bonds is 2. The second-order valence-electron chi connectivity index (χ2n) is 4.80. The number of benzene rings is 1. The molecule has 5 nitrogen and oxygen atoms in total. The monoisotopic (exact) mass is 243 g/mol. The average molecular weight is 243 g/mol. The summed E-state index contributed by atoms with van der Waals surface area (Å²) in [5, 5.41) is 8.04. The van der Waals surface area contributed by atoms with Crippen LogP contribution in [-0.2, 0) is 26.6 Å². The number of anilines is 1. The molecule has 0 aliphatic carbocycles. The highest BCUT2D eigenvalue weighted by molar-refractivity contribution is 5.51. The van der Waals surface area contributed by atoms with Gasteiger partial charge in [0.1, 0.15) is 12.2 Å². The number of nitrogens with two attached hydrogens (primary N) is 1. The van der Waals surface area contributed by atoms with E-state index in [1.54, 1.807) is 6.33 Å². The molecule has 2 heterocycles. The molecule has 0 unspecified atom stereocenters. The van der Waals surface area contributed by atoms with Crippen molar-refractivity contribution >= 4 is 5.69 Å². The zero-order chi connectivity index (χ0) is 12.5. The van der Waals surface area contributed by atoms with E-state index in [1.807, 2.05) is 23.7 Å². The van der Waals surface area contributed by atoms with Crippen molar-refractivity contribution in [3.05, 3.63) is 41.5 Å². The second kappa shape index (κ2) is 4.42. The average Bonchev–Trinajstić information content (AvgIpc) is 2.75. The van der Waals surface area contributed by atoms with E-state index in [0.717, 1.165) is 37.6 Å². The Hall–Kier alpha value is -1.88. The highest BCUT2D eigenvalue weighted by atomic mass is 15.3. The Labute approximate surface area is 106 Å². The van der Waals surface area contributed by atoms with Crippen molar-refractivity contribution in [3.63, 3.8) is 0 Å². The molecule has 94 valence electrons. The molecule has 1 aromatic heterocycles. The summed E-state index contributed by atoms with van der Waals surface area (Å²) in [6, 6.07) is 6.17. The fourth-order valence-corrected chi connectivity index (χ4v) is 2.48. The minimum absolute atomic E-state index is 0.838. The second-order valence-corrected chi connectivity index (χ2v) is 4.80. The van der Waals surface area contributed by atoms with Crippen LogP contribution in [0.4, 0.5) is 5.69 Å². The summed E-state index contributed by atoms with van der Waals surface area (Å²) >= 11 is 0. The summed E-state index contributed by atoms with van der Waals surface area (Å²) in [5.41, 5.74) is 9.57. The summed E-state index contributed by atoms with van der Waals surface area (Å²) in [7, 11) is 1.98. The number of aryl methyl sites for hydroxylation is 1. The van der Waals surface area contributed by atoms with E-state index < -0.39 is 0 Å². The third-order valence-electron chi connectivity index (χ3n) is 3.55. The molecule has 1 aliphatic heterocycles. The van der Waals surface area contributed by atoms with Crippen molar-refractivity contribution in [1.82, 2.24) is 19.7 Å². The normalized spacial score (nSPS) is 15.6. The van der Waals surface area contributed by atoms with Crippen LogP contribution in [0.5, 0.6) is 0 Å². The first kappa shape index (κ1) is 11.2. The predicted octanol–water partition coefficient (Wildman–Crippen LogP) is 0.956. The van der Waals surface area contributed by atoms with E-state index in [1.165, 1.54) is 11.1 Å². The van der Waals surface area contributed by atoms with Crippen LogP contribution >= 0.6 is 0 Å². The Morgan fingerprint density at radius 3 is 3.06 bits per heavy atom. The van der Waals surface area contributed by atoms with Gasteiger partial charge in [-0.3, -0.25) is 4.90 Å². The fraction of sp³-hybridized carbons (Fsp3) is 0.385. The van der Waals surface area contributed by atoms with Gasteiger partial charge in [-0.15, -0.1) is 10.2 Å². The van der Waals surface area contributed by atoms with Crippen LogP contribution < -0.4 is 5.73 Å². The quantitative estimate of drug-likeness (QED) is 0.798. The summed E-state index contributed by atoms with van der Waals surface area (Å²) in [5.74, 6) is 1.00. The Morgan fingerprint density at radius 2 is 2.28 bits per heavy atom. The van der Waals surface area contributed by atoms with Crippen LogP contribution in [0.3, 0.4) is 0 Å². The Morgan fingerprint density at radius 1 is 1.39 bits per heavy atom. The molecule has 18 heavy (non-hydrogen) atoms. The van der Waals surface area contributed by atoms with Gasteiger partial charge in [-0.1, -0.05) is 12.1 Å². The maximum atomic E-state index is 6.00. The summed E-state index contributed by atoms with van der Waals surface area (Å²) < 4.78 is 1.97. The van der Waals surface area contributed by atoms with Gasteiger partial charge in [-0.2, -0.15) is 0 Å². The van der Waals surface area contributed by atoms with Crippen molar-refractivity contribution in [1.29, 1.82) is 0 Å². The van der Waals surface area contributed by atoms with Crippen molar-refractivity contribution in [2.75, 3.05) is 12.3 Å². The summed E-state index contributed by atoms with van der Waals surface area (Å²) in [6.45, 7) is 2.80. The maximum absolute atomic E-state index is 6.00. The maximum Gasteiger partial charge on any atom is 0.146 e. The highest BCUT2D eigenvalue weighted by Gasteiger charge is 2.19. The molecule has 1 aromatic carbocycles. The third-order valence-corrected chi connectivity index (χ3v) is 3.55. The van der Waals surface area contributed by atoms with Crippen molar-refractivity contribution in [2.24, 2.45) is 7.05 Å². The molecule has 2 aromatic rings. The van der Waals surface area contributed by atoms with E-state index in [2.05, 4.69) is 21.2 Å². The molecule has 0 bridgehead atoms. The van der Waals surface area contributed by atoms with Gasteiger partial charge in [-0.05, 0) is 23.6 Å². The molecule has 0 saturated heterocycles. The third kappa shape index (κ3) is 1.97. The lowest BCUT2D eigenvalue weighted by atomic mass is 9.98. The molecule has 0 amide bonds. The van der Waals surface area contributed by atoms with Crippen LogP contribution in [0.2, 0.25) is 0 Å². The van der Waals surface area contributed by atoms with Crippen molar-refractivity contribution in [3.8, 4) is 0 Å². The van der Waals surface area contributed by atoms with Crippen molar-refractivity contribution < 1.29 is 0 Å². The van der Waals surface area contributed by atoms with Gasteiger partial charge in [0.05, 0.1) is 6.54 Å². The first-order valence-corrected chi connectivity index (χ1v) is 6.15. The molecule has 0 saturated carbocycles. The Balaban J connectivity index is 1.77. The number of hydrogen-bond donors (Lipinski definition) is 1. The van der Waals surface area contributed by atoms with E-state index >= 15 is 0 Å². The predicted molar refractivity (Wildman–Crippen MR) is 69.7 cm³/mol. The lowest BCUT2D eigenvalue weighted by molar-refractivity contribution is 0.237. The summed E-state index contributed by atoms with van der Waals surface area (Å²) in [4.78, 5) is 2.38. The molecular weight excluding hydrogens is 226 g/mol. The van der Waals surface area contributed by atoms with Gasteiger partial charge in [0.15, 0.2) is 0 Å². The van der Waals surface area contributed by atoms with Crippen LogP contribution in [0, 0.1) is 0 Å². The van der Waals surface area contributed by atoms with Crippen LogP contribution in [0.1, 0.15) is 17.0 Å². The van der Waals surface area contributed by atoms with E-state index in [-0.39, 0.29) is 0 Å². The minimum atomic E-state index is 0.838. The van der Waals surface area contributed by atoms with Crippen molar-refractivity contribution in [2.45, 2.75) is 19.5 Å². The van der Waals surface area contributed by atoms with Crippen LogP contribution in [0.25, 0.3) is 0 Å². The zero-order valence-corrected chi connectivity index (χ0v) is 10.5. The SMILES string of the molecule is Cn1cnnc1CN1CCc2c(N)cccc2C1. The smallest absolute Gasteiger partial charge is 0.146 e. The Kier molecular flexibility index (Phi) is 2.76. The van der Waals surface area contributed by atoms with Gasteiger partial charge < -0.3 is 10.3 Å². The van der Waals surface area contributed by atoms with Gasteiger partial charge in [0.25, 0.3) is 0 Å². The number of fused-ring (bicyclic) bond motifs is 1. The fourth-order valence-electron chi connectivity index (χ4n) is 2.48. The molecule has 2 N–H and O–H groups in total. The van der Waals surface area contributed by atoms with E-state index in [9.17, 15) is 0 Å². The lowest BCUT2D eigenvalue weighted by Gasteiger charge is -2.28. The summed E-state index contributed by atoms with van der Waals surface area (Å²) in [6.07, 6.45) is 2.76. The molecular formula is C13H17N5. The highest BCUT2D eigenvalue weighted by Crippen LogP contribution is 2.24. The first-order valence-electron chi connectivity index (χ1n) is 6.15. The molecule has 0 radical (unpaired) electrons. The number of hydrogen-bond acceptors (Lipinski definition) is 4. The van der Waals surface area contributed by atoms with Crippen LogP contribution in [-0.4, -0.2) is 26.2 Å². The molecule has 0 spiro atoms. The van der Waals surface area contributed by atoms with Gasteiger partial charge >= 0.3 is 0 Å². The lowest BCUT2D eigenvalue weighted by Crippen LogP contribution is -2.31. The molecule has 0 atom stereocenters. The first-order chi connectivity index (χ1) is 8.74. The van der Waals surface area contributed by atoms with Gasteiger partial charge in [-0.25, -0.2) is 0 Å². The number of nitrogens with zero attached hydrogens (tertiary/aromatic N) is 4. The number of aromatic nitrogens is 3.